The molecule has 0 aromatic carbocycles. The summed E-state index contributed by atoms with van der Waals surface area (Å²) in [7, 11) is 0. The van der Waals surface area contributed by atoms with Crippen LogP contribution in [0.5, 0.6) is 0 Å². The monoisotopic (exact) mass is 262 g/mol. The van der Waals surface area contributed by atoms with Crippen LogP contribution in [0.4, 0.5) is 0 Å². The van der Waals surface area contributed by atoms with E-state index in [-0.39, 0.29) is 5.78 Å². The maximum Gasteiger partial charge on any atom is 0.152 e. The summed E-state index contributed by atoms with van der Waals surface area (Å²) in [4.78, 5) is 14.9. The number of pyridine rings is 1. The van der Waals surface area contributed by atoms with Crippen molar-refractivity contribution in [2.75, 3.05) is 0 Å². The fraction of sp³-hybridized carbons (Fsp3) is 0.250. The van der Waals surface area contributed by atoms with Gasteiger partial charge in [-0.1, -0.05) is 11.6 Å². The molecule has 1 aromatic rings. The molecular weight excluding hydrogens is 255 g/mol. The summed E-state index contributed by atoms with van der Waals surface area (Å²) < 4.78 is 0.655. The van der Waals surface area contributed by atoms with E-state index in [1.165, 1.54) is 13.1 Å². The minimum Gasteiger partial charge on any atom is -0.316 e. The molecule has 13 heavy (non-hydrogen) atoms. The van der Waals surface area contributed by atoms with Gasteiger partial charge in [-0.05, 0) is 28.9 Å². The first-order valence-electron chi connectivity index (χ1n) is 3.59. The Labute approximate surface area is 89.4 Å². The van der Waals surface area contributed by atoms with Crippen LogP contribution in [0, 0.1) is 0 Å². The number of nitrogens with zero attached hydrogens (tertiary/aromatic N) is 1. The molecule has 1 heterocycles. The summed E-state index contributed by atoms with van der Waals surface area (Å²) in [5.41, 5.74) is 6.11. The molecule has 0 amide bonds. The van der Waals surface area contributed by atoms with Crippen molar-refractivity contribution in [3.05, 3.63) is 27.5 Å². The van der Waals surface area contributed by atoms with Gasteiger partial charge in [0.25, 0.3) is 0 Å². The molecule has 0 saturated carbocycles. The average molecular weight is 264 g/mol. The number of carbonyl (C=O) groups excluding carboxylic acids is 1. The van der Waals surface area contributed by atoms with Crippen molar-refractivity contribution in [2.45, 2.75) is 13.0 Å². The highest BCUT2D eigenvalue weighted by molar-refractivity contribution is 9.10. The lowest BCUT2D eigenvalue weighted by Gasteiger charge is -2.08. The van der Waals surface area contributed by atoms with Crippen molar-refractivity contribution in [1.82, 2.24) is 4.98 Å². The minimum absolute atomic E-state index is 0.129. The fourth-order valence-corrected chi connectivity index (χ4v) is 1.73. The highest BCUT2D eigenvalue weighted by atomic mass is 79.9. The van der Waals surface area contributed by atoms with E-state index in [0.29, 0.717) is 15.2 Å². The van der Waals surface area contributed by atoms with E-state index in [1.807, 2.05) is 0 Å². The standard InChI is InChI=1S/C8H8BrClN2O/c1-4(13)7(11)8-6(9)2-5(10)3-12-8/h2-3,7H,11H2,1H3. The first kappa shape index (κ1) is 10.6. The topological polar surface area (TPSA) is 56.0 Å². The number of ketones is 1. The quantitative estimate of drug-likeness (QED) is 0.889. The Kier molecular flexibility index (Phi) is 3.41. The van der Waals surface area contributed by atoms with Gasteiger partial charge in [-0.2, -0.15) is 0 Å². The van der Waals surface area contributed by atoms with E-state index in [2.05, 4.69) is 20.9 Å². The fourth-order valence-electron chi connectivity index (χ4n) is 0.847. The molecule has 0 aliphatic heterocycles. The van der Waals surface area contributed by atoms with Crippen LogP contribution < -0.4 is 5.73 Å². The third-order valence-electron chi connectivity index (χ3n) is 1.57. The van der Waals surface area contributed by atoms with Crippen molar-refractivity contribution in [3.63, 3.8) is 0 Å². The minimum atomic E-state index is -0.688. The van der Waals surface area contributed by atoms with Crippen LogP contribution in [0.3, 0.4) is 0 Å². The van der Waals surface area contributed by atoms with Gasteiger partial charge < -0.3 is 5.73 Å². The zero-order valence-corrected chi connectivity index (χ0v) is 9.26. The summed E-state index contributed by atoms with van der Waals surface area (Å²) >= 11 is 8.92. The van der Waals surface area contributed by atoms with E-state index in [0.717, 1.165) is 0 Å². The van der Waals surface area contributed by atoms with E-state index in [9.17, 15) is 4.79 Å². The molecule has 0 saturated heterocycles. The number of aromatic nitrogens is 1. The smallest absolute Gasteiger partial charge is 0.152 e. The molecule has 0 fully saturated rings. The molecule has 0 radical (unpaired) electrons. The van der Waals surface area contributed by atoms with Gasteiger partial charge in [0.05, 0.1) is 10.7 Å². The molecule has 0 aliphatic carbocycles. The SMILES string of the molecule is CC(=O)C(N)c1ncc(Cl)cc1Br. The Morgan fingerprint density at radius 3 is 2.85 bits per heavy atom. The van der Waals surface area contributed by atoms with Crippen molar-refractivity contribution in [3.8, 4) is 0 Å². The number of Topliss-reactive ketones (excluding diaryl/α,β-unsaturated/α-hetero) is 1. The van der Waals surface area contributed by atoms with Gasteiger partial charge in [0.2, 0.25) is 0 Å². The third-order valence-corrected chi connectivity index (χ3v) is 2.41. The largest absolute Gasteiger partial charge is 0.316 e. The number of halogens is 2. The normalized spacial score (nSPS) is 12.6. The third kappa shape index (κ3) is 2.49. The van der Waals surface area contributed by atoms with Gasteiger partial charge in [0.1, 0.15) is 6.04 Å². The Bertz CT molecular complexity index is 343. The number of hydrogen-bond acceptors (Lipinski definition) is 3. The van der Waals surface area contributed by atoms with Gasteiger partial charge in [0, 0.05) is 10.7 Å². The second-order valence-corrected chi connectivity index (χ2v) is 3.90. The molecule has 5 heteroatoms. The molecule has 3 nitrogen and oxygen atoms in total. The molecule has 0 aliphatic rings. The Morgan fingerprint density at radius 2 is 2.38 bits per heavy atom. The second-order valence-electron chi connectivity index (χ2n) is 2.61. The van der Waals surface area contributed by atoms with Gasteiger partial charge >= 0.3 is 0 Å². The molecule has 1 aromatic heterocycles. The van der Waals surface area contributed by atoms with Gasteiger partial charge in [-0.15, -0.1) is 0 Å². The lowest BCUT2D eigenvalue weighted by molar-refractivity contribution is -0.118. The number of nitrogens with two attached hydrogens (primary N) is 1. The summed E-state index contributed by atoms with van der Waals surface area (Å²) in [6.07, 6.45) is 1.46. The van der Waals surface area contributed by atoms with Crippen LogP contribution in [0.15, 0.2) is 16.7 Å². The predicted molar refractivity (Wildman–Crippen MR) is 54.6 cm³/mol. The summed E-state index contributed by atoms with van der Waals surface area (Å²) in [5, 5.41) is 0.506. The highest BCUT2D eigenvalue weighted by Crippen LogP contribution is 2.23. The number of carbonyl (C=O) groups is 1. The molecule has 1 unspecified atom stereocenters. The Morgan fingerprint density at radius 1 is 1.77 bits per heavy atom. The summed E-state index contributed by atoms with van der Waals surface area (Å²) in [6, 6.07) is 0.971. The van der Waals surface area contributed by atoms with Crippen LogP contribution >= 0.6 is 27.5 Å². The lowest BCUT2D eigenvalue weighted by atomic mass is 10.1. The average Bonchev–Trinajstić information content (AvgIpc) is 2.03. The van der Waals surface area contributed by atoms with Gasteiger partial charge in [-0.3, -0.25) is 9.78 Å². The van der Waals surface area contributed by atoms with Crippen molar-refractivity contribution >= 4 is 33.3 Å². The van der Waals surface area contributed by atoms with E-state index in [4.69, 9.17) is 17.3 Å². The predicted octanol–water partition coefficient (Wildman–Crippen LogP) is 2.09. The zero-order valence-electron chi connectivity index (χ0n) is 6.92. The molecule has 70 valence electrons. The molecule has 1 rings (SSSR count). The lowest BCUT2D eigenvalue weighted by Crippen LogP contribution is -2.20. The molecular formula is C8H8BrClN2O. The number of hydrogen-bond donors (Lipinski definition) is 1. The summed E-state index contributed by atoms with van der Waals surface area (Å²) in [5.74, 6) is -0.129. The van der Waals surface area contributed by atoms with E-state index < -0.39 is 6.04 Å². The molecule has 0 bridgehead atoms. The van der Waals surface area contributed by atoms with Crippen LogP contribution in [0.2, 0.25) is 5.02 Å². The van der Waals surface area contributed by atoms with Gasteiger partial charge in [0.15, 0.2) is 5.78 Å². The van der Waals surface area contributed by atoms with Crippen LogP contribution in [0.1, 0.15) is 18.7 Å². The molecule has 1 atom stereocenters. The van der Waals surface area contributed by atoms with Crippen LogP contribution in [-0.2, 0) is 4.79 Å². The van der Waals surface area contributed by atoms with Crippen molar-refractivity contribution in [2.24, 2.45) is 5.73 Å². The first-order valence-corrected chi connectivity index (χ1v) is 4.76. The maximum absolute atomic E-state index is 11.0. The highest BCUT2D eigenvalue weighted by Gasteiger charge is 2.15. The maximum atomic E-state index is 11.0. The van der Waals surface area contributed by atoms with Crippen LogP contribution in [-0.4, -0.2) is 10.8 Å². The first-order chi connectivity index (χ1) is 6.02. The zero-order chi connectivity index (χ0) is 10.0. The summed E-state index contributed by atoms with van der Waals surface area (Å²) in [6.45, 7) is 1.42. The van der Waals surface area contributed by atoms with Crippen molar-refractivity contribution < 1.29 is 4.79 Å². The van der Waals surface area contributed by atoms with E-state index in [1.54, 1.807) is 6.07 Å². The van der Waals surface area contributed by atoms with Gasteiger partial charge in [-0.25, -0.2) is 0 Å². The van der Waals surface area contributed by atoms with E-state index >= 15 is 0 Å². The molecule has 0 spiro atoms. The Balaban J connectivity index is 3.08. The Hall–Kier alpha value is -0.450. The molecule has 2 N–H and O–H groups in total. The second kappa shape index (κ2) is 4.17. The van der Waals surface area contributed by atoms with Crippen LogP contribution in [0.25, 0.3) is 0 Å². The number of rotatable bonds is 2. The van der Waals surface area contributed by atoms with Crippen molar-refractivity contribution in [1.29, 1.82) is 0 Å².